The van der Waals surface area contributed by atoms with Crippen molar-refractivity contribution in [2.24, 2.45) is 0 Å². The number of aromatic nitrogens is 4. The van der Waals surface area contributed by atoms with Crippen LogP contribution in [-0.4, -0.2) is 19.2 Å². The van der Waals surface area contributed by atoms with E-state index in [1.807, 2.05) is 13.0 Å². The molecule has 7 heteroatoms. The minimum atomic E-state index is -0.263. The van der Waals surface area contributed by atoms with E-state index >= 15 is 0 Å². The van der Waals surface area contributed by atoms with Crippen LogP contribution in [0.25, 0.3) is 11.3 Å². The predicted octanol–water partition coefficient (Wildman–Crippen LogP) is 2.13. The summed E-state index contributed by atoms with van der Waals surface area (Å²) < 4.78 is 3.03. The Bertz CT molecular complexity index is 839. The van der Waals surface area contributed by atoms with Crippen LogP contribution in [0.3, 0.4) is 0 Å². The number of benzene rings is 1. The van der Waals surface area contributed by atoms with E-state index < -0.39 is 0 Å². The molecule has 1 aromatic carbocycles. The fourth-order valence-electron chi connectivity index (χ4n) is 1.92. The minimum Gasteiger partial charge on any atom is -0.279 e. The Morgan fingerprint density at radius 3 is 2.84 bits per heavy atom. The van der Waals surface area contributed by atoms with Gasteiger partial charge in [-0.1, -0.05) is 17.7 Å². The quantitative estimate of drug-likeness (QED) is 0.699. The second-order valence-electron chi connectivity index (χ2n) is 4.05. The Hall–Kier alpha value is -1.79. The summed E-state index contributed by atoms with van der Waals surface area (Å²) in [7, 11) is 0. The van der Waals surface area contributed by atoms with E-state index in [1.54, 1.807) is 24.5 Å². The molecule has 2 heterocycles. The van der Waals surface area contributed by atoms with E-state index in [4.69, 9.17) is 11.6 Å². The van der Waals surface area contributed by atoms with Gasteiger partial charge in [0.05, 0.1) is 5.69 Å². The molecule has 0 radical (unpaired) electrons. The van der Waals surface area contributed by atoms with E-state index in [1.165, 1.54) is 8.97 Å². The van der Waals surface area contributed by atoms with Gasteiger partial charge in [0.1, 0.15) is 0 Å². The standard InChI is InChI=1S/C12H9ClN4OS/c1-7-8(13)3-2-4-9(7)16-5-6-17-10(11(16)18)14-15-12(17)19/h2-6H,1H3,(H,15,19). The molecule has 0 saturated heterocycles. The zero-order chi connectivity index (χ0) is 13.6. The van der Waals surface area contributed by atoms with E-state index in [2.05, 4.69) is 22.8 Å². The molecule has 3 rings (SSSR count). The lowest BCUT2D eigenvalue weighted by atomic mass is 10.2. The first-order chi connectivity index (χ1) is 9.09. The molecule has 0 aliphatic heterocycles. The molecule has 96 valence electrons. The highest BCUT2D eigenvalue weighted by Crippen LogP contribution is 2.21. The van der Waals surface area contributed by atoms with Crippen LogP contribution in [0.5, 0.6) is 0 Å². The molecule has 0 spiro atoms. The summed E-state index contributed by atoms with van der Waals surface area (Å²) in [6.07, 6.45) is 3.34. The van der Waals surface area contributed by atoms with Crippen molar-refractivity contribution < 1.29 is 0 Å². The van der Waals surface area contributed by atoms with Gasteiger partial charge in [-0.15, -0.1) is 22.8 Å². The summed E-state index contributed by atoms with van der Waals surface area (Å²) in [5.41, 5.74) is 1.53. The van der Waals surface area contributed by atoms with Crippen LogP contribution in [-0.2, 0) is 0 Å². The van der Waals surface area contributed by atoms with E-state index in [0.717, 1.165) is 11.3 Å². The second kappa shape index (κ2) is 4.40. The van der Waals surface area contributed by atoms with Gasteiger partial charge in [0, 0.05) is 17.4 Å². The van der Waals surface area contributed by atoms with Gasteiger partial charge in [-0.2, -0.15) is 0 Å². The van der Waals surface area contributed by atoms with Crippen molar-refractivity contribution in [1.82, 2.24) is 19.2 Å². The van der Waals surface area contributed by atoms with Crippen LogP contribution in [0.2, 0.25) is 5.02 Å². The molecule has 0 saturated carbocycles. The normalized spacial score (nSPS) is 11.1. The first-order valence-corrected chi connectivity index (χ1v) is 6.33. The van der Waals surface area contributed by atoms with Gasteiger partial charge in [0.25, 0.3) is 0 Å². The lowest BCUT2D eigenvalue weighted by molar-refractivity contribution is 0.895. The fraction of sp³-hybridized carbons (Fsp3) is 0.0833. The third kappa shape index (κ3) is 1.84. The molecule has 2 aromatic heterocycles. The average Bonchev–Trinajstić information content (AvgIpc) is 2.77. The van der Waals surface area contributed by atoms with Gasteiger partial charge < -0.3 is 0 Å². The minimum absolute atomic E-state index is 0.229. The van der Waals surface area contributed by atoms with E-state index in [9.17, 15) is 4.79 Å². The molecular weight excluding hydrogens is 284 g/mol. The highest BCUT2D eigenvalue weighted by molar-refractivity contribution is 7.80. The maximum atomic E-state index is 12.4. The lowest BCUT2D eigenvalue weighted by Gasteiger charge is -2.10. The maximum absolute atomic E-state index is 12.4. The summed E-state index contributed by atoms with van der Waals surface area (Å²) in [5, 5.41) is 8.58. The van der Waals surface area contributed by atoms with Crippen molar-refractivity contribution in [3.63, 3.8) is 0 Å². The van der Waals surface area contributed by atoms with Crippen molar-refractivity contribution in [2.45, 2.75) is 12.1 Å². The van der Waals surface area contributed by atoms with E-state index in [0.29, 0.717) is 10.2 Å². The summed E-state index contributed by atoms with van der Waals surface area (Å²) in [6.45, 7) is 1.86. The molecule has 5 nitrogen and oxygen atoms in total. The first kappa shape index (κ1) is 12.3. The molecule has 3 aromatic rings. The monoisotopic (exact) mass is 292 g/mol. The molecule has 0 bridgehead atoms. The van der Waals surface area contributed by atoms with Crippen LogP contribution < -0.4 is 5.56 Å². The molecule has 0 amide bonds. The predicted molar refractivity (Wildman–Crippen MR) is 75.6 cm³/mol. The summed E-state index contributed by atoms with van der Waals surface area (Å²) in [6, 6.07) is 5.42. The fourth-order valence-corrected chi connectivity index (χ4v) is 2.30. The van der Waals surface area contributed by atoms with Gasteiger partial charge >= 0.3 is 5.56 Å². The maximum Gasteiger partial charge on any atom is 0.300 e. The zero-order valence-corrected chi connectivity index (χ0v) is 11.6. The highest BCUT2D eigenvalue weighted by atomic mass is 35.5. The Morgan fingerprint density at radius 2 is 2.05 bits per heavy atom. The van der Waals surface area contributed by atoms with Crippen LogP contribution in [0.1, 0.15) is 5.56 Å². The zero-order valence-electron chi connectivity index (χ0n) is 9.91. The van der Waals surface area contributed by atoms with Crippen molar-refractivity contribution >= 4 is 29.9 Å². The summed E-state index contributed by atoms with van der Waals surface area (Å²) >= 11 is 10.2. The molecule has 19 heavy (non-hydrogen) atoms. The Morgan fingerprint density at radius 1 is 1.26 bits per heavy atom. The third-order valence-corrected chi connectivity index (χ3v) is 3.67. The molecule has 0 fully saturated rings. The second-order valence-corrected chi connectivity index (χ2v) is 4.86. The molecule has 0 aliphatic carbocycles. The van der Waals surface area contributed by atoms with Gasteiger partial charge in [-0.05, 0) is 24.6 Å². The number of hydrogen-bond donors (Lipinski definition) is 1. The summed E-state index contributed by atoms with van der Waals surface area (Å²) in [5.74, 6) is 0. The number of thiol groups is 1. The largest absolute Gasteiger partial charge is 0.300 e. The molecule has 0 unspecified atom stereocenters. The van der Waals surface area contributed by atoms with Gasteiger partial charge in [-0.25, -0.2) is 0 Å². The van der Waals surface area contributed by atoms with Crippen molar-refractivity contribution in [1.29, 1.82) is 0 Å². The van der Waals surface area contributed by atoms with Crippen LogP contribution in [0, 0.1) is 6.92 Å². The first-order valence-electron chi connectivity index (χ1n) is 5.50. The van der Waals surface area contributed by atoms with Crippen LogP contribution in [0.15, 0.2) is 40.5 Å². The van der Waals surface area contributed by atoms with E-state index in [-0.39, 0.29) is 11.2 Å². The van der Waals surface area contributed by atoms with Crippen molar-refractivity contribution in [2.75, 3.05) is 0 Å². The number of hydrogen-bond acceptors (Lipinski definition) is 4. The third-order valence-electron chi connectivity index (χ3n) is 2.95. The van der Waals surface area contributed by atoms with Crippen molar-refractivity contribution in [3.8, 4) is 5.69 Å². The smallest absolute Gasteiger partial charge is 0.279 e. The Balaban J connectivity index is 2.35. The number of halogens is 1. The SMILES string of the molecule is Cc1c(Cl)cccc1-n1ccn2c(S)nnc2c1=O. The molecule has 0 atom stereocenters. The topological polar surface area (TPSA) is 52.2 Å². The highest BCUT2D eigenvalue weighted by Gasteiger charge is 2.11. The van der Waals surface area contributed by atoms with Gasteiger partial charge in [0.2, 0.25) is 5.65 Å². The summed E-state index contributed by atoms with van der Waals surface area (Å²) in [4.78, 5) is 12.4. The Kier molecular flexibility index (Phi) is 2.83. The van der Waals surface area contributed by atoms with Gasteiger partial charge in [-0.3, -0.25) is 13.8 Å². The number of fused-ring (bicyclic) bond motifs is 1. The number of nitrogens with zero attached hydrogens (tertiary/aromatic N) is 4. The average molecular weight is 293 g/mol. The lowest BCUT2D eigenvalue weighted by Crippen LogP contribution is -2.20. The number of rotatable bonds is 1. The molecular formula is C12H9ClN4OS. The van der Waals surface area contributed by atoms with Gasteiger partial charge in [0.15, 0.2) is 5.16 Å². The Labute approximate surface area is 118 Å². The van der Waals surface area contributed by atoms with Crippen LogP contribution in [0.4, 0.5) is 0 Å². The van der Waals surface area contributed by atoms with Crippen LogP contribution >= 0.6 is 24.2 Å². The molecule has 0 aliphatic rings. The van der Waals surface area contributed by atoms with Crippen molar-refractivity contribution in [3.05, 3.63) is 51.5 Å². The molecule has 0 N–H and O–H groups in total.